The summed E-state index contributed by atoms with van der Waals surface area (Å²) in [6.45, 7) is 6.35. The summed E-state index contributed by atoms with van der Waals surface area (Å²) in [5, 5.41) is 24.2. The van der Waals surface area contributed by atoms with Crippen molar-refractivity contribution in [3.8, 4) is 11.5 Å². The van der Waals surface area contributed by atoms with Crippen LogP contribution in [0.1, 0.15) is 28.1 Å². The molecule has 0 radical (unpaired) electrons. The minimum absolute atomic E-state index is 0.338. The number of H-pyrrole nitrogens is 1. The summed E-state index contributed by atoms with van der Waals surface area (Å²) in [5.41, 5.74) is 5.73. The molecule has 0 aliphatic heterocycles. The van der Waals surface area contributed by atoms with Gasteiger partial charge in [0, 0.05) is 30.1 Å². The number of nitrogens with zero attached hydrogens (tertiary/aromatic N) is 3. The summed E-state index contributed by atoms with van der Waals surface area (Å²) in [7, 11) is 0. The second-order valence-electron chi connectivity index (χ2n) is 8.00. The van der Waals surface area contributed by atoms with Crippen LogP contribution in [-0.2, 0) is 17.8 Å². The van der Waals surface area contributed by atoms with Gasteiger partial charge in [0.05, 0.1) is 6.54 Å². The Balaban J connectivity index is 1.42. The van der Waals surface area contributed by atoms with Gasteiger partial charge in [0.15, 0.2) is 0 Å². The predicted octanol–water partition coefficient (Wildman–Crippen LogP) is 4.10. The van der Waals surface area contributed by atoms with E-state index < -0.39 is 12.0 Å². The lowest BCUT2D eigenvalue weighted by Crippen LogP contribution is -2.32. The Labute approximate surface area is 191 Å². The van der Waals surface area contributed by atoms with Gasteiger partial charge >= 0.3 is 5.97 Å². The van der Waals surface area contributed by atoms with E-state index >= 15 is 0 Å². The van der Waals surface area contributed by atoms with Crippen LogP contribution in [0.25, 0.3) is 11.5 Å². The van der Waals surface area contributed by atoms with Crippen LogP contribution in [0.15, 0.2) is 53.2 Å². The number of carboxylic acids is 1. The van der Waals surface area contributed by atoms with Gasteiger partial charge in [-0.2, -0.15) is 0 Å². The van der Waals surface area contributed by atoms with Gasteiger partial charge in [-0.3, -0.25) is 0 Å². The van der Waals surface area contributed by atoms with Crippen molar-refractivity contribution in [2.75, 3.05) is 10.6 Å². The van der Waals surface area contributed by atoms with Gasteiger partial charge in [-0.05, 0) is 49.6 Å². The predicted molar refractivity (Wildman–Crippen MR) is 125 cm³/mol. The van der Waals surface area contributed by atoms with E-state index in [1.807, 2.05) is 57.2 Å². The van der Waals surface area contributed by atoms with E-state index in [1.165, 1.54) is 0 Å². The lowest BCUT2D eigenvalue weighted by Gasteiger charge is -2.20. The Morgan fingerprint density at radius 3 is 2.48 bits per heavy atom. The summed E-state index contributed by atoms with van der Waals surface area (Å²) in [4.78, 5) is 18.9. The number of aromatic amines is 1. The summed E-state index contributed by atoms with van der Waals surface area (Å²) in [5.74, 6) is 0.557. The minimum Gasteiger partial charge on any atom is -0.480 e. The summed E-state index contributed by atoms with van der Waals surface area (Å²) >= 11 is 0. The van der Waals surface area contributed by atoms with Crippen molar-refractivity contribution >= 4 is 17.6 Å². The normalized spacial score (nSPS) is 11.8. The largest absolute Gasteiger partial charge is 0.480 e. The zero-order chi connectivity index (χ0) is 23.4. The average Bonchev–Trinajstić information content (AvgIpc) is 3.46. The van der Waals surface area contributed by atoms with Crippen LogP contribution in [0.3, 0.4) is 0 Å². The van der Waals surface area contributed by atoms with Gasteiger partial charge in [0.1, 0.15) is 6.04 Å². The number of nitrogens with one attached hydrogen (secondary N) is 3. The molecule has 1 unspecified atom stereocenters. The molecular formula is C24H26N6O3. The Bertz CT molecular complexity index is 1210. The van der Waals surface area contributed by atoms with Crippen LogP contribution in [0.5, 0.6) is 0 Å². The van der Waals surface area contributed by atoms with Crippen LogP contribution in [-0.4, -0.2) is 37.3 Å². The van der Waals surface area contributed by atoms with E-state index in [9.17, 15) is 9.90 Å². The fraction of sp³-hybridized carbons (Fsp3) is 0.250. The molecule has 0 aliphatic carbocycles. The van der Waals surface area contributed by atoms with Crippen molar-refractivity contribution in [1.82, 2.24) is 20.2 Å². The maximum atomic E-state index is 11.9. The molecule has 4 rings (SSSR count). The van der Waals surface area contributed by atoms with Gasteiger partial charge in [-0.25, -0.2) is 9.78 Å². The van der Waals surface area contributed by atoms with Crippen molar-refractivity contribution in [1.29, 1.82) is 0 Å². The number of aryl methyl sites for hydroxylation is 3. The molecule has 4 N–H and O–H groups in total. The summed E-state index contributed by atoms with van der Waals surface area (Å²) in [6.07, 6.45) is 3.71. The molecule has 2 aromatic heterocycles. The smallest absolute Gasteiger partial charge is 0.326 e. The topological polar surface area (TPSA) is 129 Å². The van der Waals surface area contributed by atoms with Crippen LogP contribution < -0.4 is 10.6 Å². The molecule has 0 saturated carbocycles. The van der Waals surface area contributed by atoms with Gasteiger partial charge in [0.25, 0.3) is 0 Å². The Kier molecular flexibility index (Phi) is 6.39. The number of aliphatic carboxylic acids is 1. The fourth-order valence-corrected chi connectivity index (χ4v) is 3.76. The number of hydrogen-bond donors (Lipinski definition) is 4. The lowest BCUT2D eigenvalue weighted by atomic mass is 10.0. The lowest BCUT2D eigenvalue weighted by molar-refractivity contribution is -0.137. The molecule has 0 bridgehead atoms. The van der Waals surface area contributed by atoms with Crippen molar-refractivity contribution in [3.63, 3.8) is 0 Å². The maximum absolute atomic E-state index is 11.9. The number of rotatable bonds is 9. The molecular weight excluding hydrogens is 420 g/mol. The highest BCUT2D eigenvalue weighted by Gasteiger charge is 2.20. The highest BCUT2D eigenvalue weighted by molar-refractivity contribution is 5.79. The number of imidazole rings is 1. The molecule has 1 atom stereocenters. The molecule has 0 fully saturated rings. The molecule has 9 nitrogen and oxygen atoms in total. The number of hydrogen-bond acceptors (Lipinski definition) is 7. The van der Waals surface area contributed by atoms with Crippen LogP contribution in [0, 0.1) is 20.8 Å². The van der Waals surface area contributed by atoms with Gasteiger partial charge in [-0.15, -0.1) is 10.2 Å². The van der Waals surface area contributed by atoms with E-state index in [1.54, 1.807) is 12.4 Å². The van der Waals surface area contributed by atoms with Crippen LogP contribution in [0.4, 0.5) is 11.6 Å². The third-order valence-corrected chi connectivity index (χ3v) is 5.31. The first-order valence-corrected chi connectivity index (χ1v) is 10.6. The first-order valence-electron chi connectivity index (χ1n) is 10.6. The van der Waals surface area contributed by atoms with Gasteiger partial charge in [0.2, 0.25) is 17.7 Å². The number of anilines is 2. The van der Waals surface area contributed by atoms with Gasteiger partial charge in [-0.1, -0.05) is 29.8 Å². The standard InChI is InChI=1S/C24H26N6O3/c1-14-10-15(2)21(16(3)11-14)28-19(23(31)32)12-17-4-6-18(7-5-17)22-30-29-20(33-22)13-27-24-25-8-9-26-24/h4-11,19,28H,12-13H2,1-3H3,(H,31,32)(H2,25,26,27). The molecule has 4 aromatic rings. The fourth-order valence-electron chi connectivity index (χ4n) is 3.76. The van der Waals surface area contributed by atoms with E-state index in [0.717, 1.165) is 33.5 Å². The molecule has 2 heterocycles. The molecule has 0 spiro atoms. The molecule has 2 aromatic carbocycles. The van der Waals surface area contributed by atoms with Crippen molar-refractivity contribution in [2.24, 2.45) is 0 Å². The van der Waals surface area contributed by atoms with Crippen molar-refractivity contribution in [3.05, 3.63) is 76.9 Å². The SMILES string of the molecule is Cc1cc(C)c(NC(Cc2ccc(-c3nnc(CNc4ncc[nH]4)o3)cc2)C(=O)O)c(C)c1. The first kappa shape index (κ1) is 22.1. The average molecular weight is 447 g/mol. The van der Waals surface area contributed by atoms with E-state index in [4.69, 9.17) is 4.42 Å². The van der Waals surface area contributed by atoms with Crippen LogP contribution >= 0.6 is 0 Å². The summed E-state index contributed by atoms with van der Waals surface area (Å²) in [6, 6.07) is 10.8. The third-order valence-electron chi connectivity index (χ3n) is 5.31. The Hall–Kier alpha value is -4.14. The van der Waals surface area contributed by atoms with E-state index in [0.29, 0.717) is 30.7 Å². The minimum atomic E-state index is -0.899. The third kappa shape index (κ3) is 5.38. The zero-order valence-electron chi connectivity index (χ0n) is 18.7. The zero-order valence-corrected chi connectivity index (χ0v) is 18.7. The number of benzene rings is 2. The van der Waals surface area contributed by atoms with Gasteiger partial charge < -0.3 is 25.1 Å². The number of carboxylic acid groups (broad SMARTS) is 1. The highest BCUT2D eigenvalue weighted by Crippen LogP contribution is 2.24. The van der Waals surface area contributed by atoms with Crippen molar-refractivity contribution in [2.45, 2.75) is 39.8 Å². The molecule has 33 heavy (non-hydrogen) atoms. The molecule has 9 heteroatoms. The second-order valence-corrected chi connectivity index (χ2v) is 8.00. The number of aromatic nitrogens is 4. The second kappa shape index (κ2) is 9.56. The molecule has 0 saturated heterocycles. The van der Waals surface area contributed by atoms with Crippen molar-refractivity contribution < 1.29 is 14.3 Å². The summed E-state index contributed by atoms with van der Waals surface area (Å²) < 4.78 is 5.71. The number of carbonyl (C=O) groups is 1. The monoisotopic (exact) mass is 446 g/mol. The Morgan fingerprint density at radius 2 is 1.85 bits per heavy atom. The molecule has 170 valence electrons. The van der Waals surface area contributed by atoms with E-state index in [-0.39, 0.29) is 0 Å². The molecule has 0 amide bonds. The van der Waals surface area contributed by atoms with Crippen LogP contribution in [0.2, 0.25) is 0 Å². The highest BCUT2D eigenvalue weighted by atomic mass is 16.4. The first-order chi connectivity index (χ1) is 15.9. The maximum Gasteiger partial charge on any atom is 0.326 e. The van der Waals surface area contributed by atoms with E-state index in [2.05, 4.69) is 30.8 Å². The quantitative estimate of drug-likeness (QED) is 0.302. The Morgan fingerprint density at radius 1 is 1.12 bits per heavy atom. The molecule has 0 aliphatic rings.